The first-order valence-corrected chi connectivity index (χ1v) is 18.8. The van der Waals surface area contributed by atoms with E-state index >= 15 is 8.78 Å². The van der Waals surface area contributed by atoms with Gasteiger partial charge >= 0.3 is 0 Å². The molecule has 0 bridgehead atoms. The van der Waals surface area contributed by atoms with Crippen LogP contribution in [0.2, 0.25) is 0 Å². The number of phenols is 1. The largest absolute Gasteiger partial charge is 0.508 e. The fourth-order valence-electron chi connectivity index (χ4n) is 8.46. The molecule has 3 heterocycles. The molecule has 2 unspecified atom stereocenters. The van der Waals surface area contributed by atoms with Crippen molar-refractivity contribution in [1.82, 2.24) is 4.90 Å². The van der Waals surface area contributed by atoms with E-state index in [2.05, 4.69) is 14.7 Å². The van der Waals surface area contributed by atoms with Crippen LogP contribution in [0.5, 0.6) is 17.2 Å². The van der Waals surface area contributed by atoms with Gasteiger partial charge in [0.15, 0.2) is 17.3 Å². The summed E-state index contributed by atoms with van der Waals surface area (Å²) in [6.07, 6.45) is 2.95. The maximum atomic E-state index is 16.1. The molecule has 10 heteroatoms. The number of aromatic hydroxyl groups is 1. The Morgan fingerprint density at radius 3 is 2.23 bits per heavy atom. The van der Waals surface area contributed by atoms with Gasteiger partial charge in [0, 0.05) is 81.3 Å². The number of phenolic OH excluding ortho intramolecular Hbond substituents is 1. The predicted molar refractivity (Wildman–Crippen MR) is 202 cm³/mol. The molecule has 0 aromatic heterocycles. The van der Waals surface area contributed by atoms with Crippen LogP contribution in [0.4, 0.5) is 24.5 Å². The van der Waals surface area contributed by atoms with Crippen molar-refractivity contribution >= 4 is 17.2 Å². The number of carbonyl (C=O) groups excluding carboxylic acids is 1. The van der Waals surface area contributed by atoms with E-state index in [1.165, 1.54) is 19.2 Å². The second-order valence-corrected chi connectivity index (χ2v) is 14.5. The van der Waals surface area contributed by atoms with Crippen LogP contribution in [0.25, 0.3) is 0 Å². The van der Waals surface area contributed by atoms with E-state index in [1.807, 2.05) is 31.2 Å². The Morgan fingerprint density at radius 1 is 0.811 bits per heavy atom. The Kier molecular flexibility index (Phi) is 10.9. The first kappa shape index (κ1) is 36.6. The molecule has 280 valence electrons. The number of halogens is 3. The quantitative estimate of drug-likeness (QED) is 0.165. The number of ketones is 1. The molecule has 7 nitrogen and oxygen atoms in total. The lowest BCUT2D eigenvalue weighted by molar-refractivity contribution is 0.0987. The molecule has 1 N–H and O–H groups in total. The van der Waals surface area contributed by atoms with E-state index in [-0.39, 0.29) is 47.4 Å². The number of aryl methyl sites for hydroxylation is 1. The summed E-state index contributed by atoms with van der Waals surface area (Å²) in [5.74, 6) is -0.363. The molecule has 3 aliphatic heterocycles. The second kappa shape index (κ2) is 15.7. The molecule has 2 fully saturated rings. The summed E-state index contributed by atoms with van der Waals surface area (Å²) < 4.78 is 56.9. The SMILES string of the molecule is CCC(=O)c1cc(F)c(N2CCN(CC3CCN(c4ccc(C5c6ccc(O)cc6OCC5c5ccc(F)c(OC)c5)cc4F)CC3)CC2)cc1CC. The first-order chi connectivity index (χ1) is 25.7. The van der Waals surface area contributed by atoms with Gasteiger partial charge in [-0.2, -0.15) is 0 Å². The maximum absolute atomic E-state index is 16.1. The van der Waals surface area contributed by atoms with Gasteiger partial charge in [0.1, 0.15) is 23.1 Å². The van der Waals surface area contributed by atoms with Crippen LogP contribution >= 0.6 is 0 Å². The number of hydrogen-bond donors (Lipinski definition) is 1. The van der Waals surface area contributed by atoms with Gasteiger partial charge in [-0.1, -0.05) is 32.0 Å². The number of hydrogen-bond acceptors (Lipinski definition) is 7. The zero-order valence-corrected chi connectivity index (χ0v) is 30.7. The summed E-state index contributed by atoms with van der Waals surface area (Å²) in [5, 5.41) is 10.1. The molecule has 4 aromatic carbocycles. The Morgan fingerprint density at radius 2 is 1.53 bits per heavy atom. The van der Waals surface area contributed by atoms with Gasteiger partial charge in [-0.15, -0.1) is 0 Å². The van der Waals surface area contributed by atoms with Crippen LogP contribution in [0, 0.1) is 23.4 Å². The Labute approximate surface area is 309 Å². The van der Waals surface area contributed by atoms with Crippen molar-refractivity contribution < 1.29 is 32.5 Å². The highest BCUT2D eigenvalue weighted by Gasteiger charge is 2.35. The molecule has 7 rings (SSSR count). The standard InChI is InChI=1S/C43H48F3N3O4/c1-4-28-21-39(37(46)24-33(28)40(51)5-2)49-18-16-47(17-19-49)25-27-12-14-48(15-13-27)38-11-7-30(20-36(38)45)43-32-9-8-31(50)23-41(32)53-26-34(43)29-6-10-35(44)42(22-29)52-3/h6-11,20-24,27,34,43,50H,4-5,12-19,25-26H2,1-3H3. The maximum Gasteiger partial charge on any atom is 0.165 e. The van der Waals surface area contributed by atoms with Crippen LogP contribution in [0.15, 0.2) is 66.7 Å². The molecule has 4 aromatic rings. The number of nitrogens with zero attached hydrogens (tertiary/aromatic N) is 3. The minimum Gasteiger partial charge on any atom is -0.508 e. The molecule has 2 saturated heterocycles. The third-order valence-electron chi connectivity index (χ3n) is 11.4. The van der Waals surface area contributed by atoms with Crippen molar-refractivity contribution in [2.24, 2.45) is 5.92 Å². The minimum absolute atomic E-state index is 0.0232. The predicted octanol–water partition coefficient (Wildman–Crippen LogP) is 8.32. The van der Waals surface area contributed by atoms with Gasteiger partial charge < -0.3 is 24.4 Å². The van der Waals surface area contributed by atoms with E-state index in [1.54, 1.807) is 37.3 Å². The summed E-state index contributed by atoms with van der Waals surface area (Å²) in [6, 6.07) is 18.5. The van der Waals surface area contributed by atoms with Gasteiger partial charge in [0.05, 0.1) is 25.1 Å². The number of benzene rings is 4. The van der Waals surface area contributed by atoms with E-state index in [4.69, 9.17) is 9.47 Å². The second-order valence-electron chi connectivity index (χ2n) is 14.5. The Balaban J connectivity index is 0.992. The number of anilines is 2. The van der Waals surface area contributed by atoms with Crippen LogP contribution in [0.3, 0.4) is 0 Å². The average molecular weight is 728 g/mol. The van der Waals surface area contributed by atoms with Gasteiger partial charge in [0.25, 0.3) is 0 Å². The molecule has 0 aliphatic carbocycles. The van der Waals surface area contributed by atoms with Gasteiger partial charge in [-0.25, -0.2) is 13.2 Å². The third-order valence-corrected chi connectivity index (χ3v) is 11.4. The topological polar surface area (TPSA) is 65.5 Å². The number of fused-ring (bicyclic) bond motifs is 1. The van der Waals surface area contributed by atoms with Crippen molar-refractivity contribution in [2.45, 2.75) is 51.4 Å². The molecular weight excluding hydrogens is 679 g/mol. The van der Waals surface area contributed by atoms with Crippen molar-refractivity contribution in [1.29, 1.82) is 0 Å². The summed E-state index contributed by atoms with van der Waals surface area (Å²) in [7, 11) is 1.43. The van der Waals surface area contributed by atoms with Crippen LogP contribution in [-0.4, -0.2) is 75.3 Å². The molecule has 0 spiro atoms. The molecule has 2 atom stereocenters. The molecule has 0 radical (unpaired) electrons. The van der Waals surface area contributed by atoms with Crippen molar-refractivity contribution in [3.05, 3.63) is 112 Å². The number of rotatable bonds is 10. The van der Waals surface area contributed by atoms with Crippen LogP contribution in [0.1, 0.15) is 77.6 Å². The molecule has 0 amide bonds. The lowest BCUT2D eigenvalue weighted by Gasteiger charge is -2.40. The van der Waals surface area contributed by atoms with Gasteiger partial charge in [0.2, 0.25) is 0 Å². The molecule has 3 aliphatic rings. The Bertz CT molecular complexity index is 1960. The molecule has 0 saturated carbocycles. The van der Waals surface area contributed by atoms with Gasteiger partial charge in [-0.3, -0.25) is 9.69 Å². The number of Topliss-reactive ketones (excluding diaryl/α,β-unsaturated/α-hetero) is 1. The van der Waals surface area contributed by atoms with Gasteiger partial charge in [-0.05, 0) is 84.3 Å². The summed E-state index contributed by atoms with van der Waals surface area (Å²) >= 11 is 0. The highest BCUT2D eigenvalue weighted by Crippen LogP contribution is 2.48. The third kappa shape index (κ3) is 7.56. The highest BCUT2D eigenvalue weighted by atomic mass is 19.1. The van der Waals surface area contributed by atoms with Crippen molar-refractivity contribution in [3.8, 4) is 17.2 Å². The fourth-order valence-corrected chi connectivity index (χ4v) is 8.46. The fraction of sp³-hybridized carbons (Fsp3) is 0.419. The zero-order valence-electron chi connectivity index (χ0n) is 30.7. The molecule has 53 heavy (non-hydrogen) atoms. The van der Waals surface area contributed by atoms with E-state index < -0.39 is 5.82 Å². The van der Waals surface area contributed by atoms with Crippen molar-refractivity contribution in [3.63, 3.8) is 0 Å². The van der Waals surface area contributed by atoms with E-state index in [0.29, 0.717) is 41.4 Å². The smallest absolute Gasteiger partial charge is 0.165 e. The van der Waals surface area contributed by atoms with Crippen LogP contribution < -0.4 is 19.3 Å². The average Bonchev–Trinajstić information content (AvgIpc) is 3.18. The molecular formula is C43H48F3N3O4. The normalized spacial score (nSPS) is 19.5. The monoisotopic (exact) mass is 727 g/mol. The highest BCUT2D eigenvalue weighted by molar-refractivity contribution is 5.97. The van der Waals surface area contributed by atoms with Crippen LogP contribution in [-0.2, 0) is 6.42 Å². The number of carbonyl (C=O) groups is 1. The zero-order chi connectivity index (χ0) is 37.2. The minimum atomic E-state index is -0.456. The summed E-state index contributed by atoms with van der Waals surface area (Å²) in [5.41, 5.74) is 4.99. The lowest BCUT2D eigenvalue weighted by atomic mass is 9.75. The van der Waals surface area contributed by atoms with Crippen molar-refractivity contribution in [2.75, 3.05) is 69.3 Å². The number of piperidine rings is 1. The number of methoxy groups -OCH3 is 1. The summed E-state index contributed by atoms with van der Waals surface area (Å²) in [6.45, 7) is 9.69. The summed E-state index contributed by atoms with van der Waals surface area (Å²) in [4.78, 5) is 19.0. The van der Waals surface area contributed by atoms with E-state index in [9.17, 15) is 14.3 Å². The number of ether oxygens (including phenoxy) is 2. The first-order valence-electron chi connectivity index (χ1n) is 18.8. The van der Waals surface area contributed by atoms with E-state index in [0.717, 1.165) is 80.9 Å². The number of piperazine rings is 1. The Hall–Kier alpha value is -4.70. The lowest BCUT2D eigenvalue weighted by Crippen LogP contribution is -2.49.